The predicted molar refractivity (Wildman–Crippen MR) is 54.5 cm³/mol. The van der Waals surface area contributed by atoms with Crippen molar-refractivity contribution in [1.82, 2.24) is 0 Å². The van der Waals surface area contributed by atoms with Crippen molar-refractivity contribution in [2.45, 2.75) is 32.6 Å². The standard InChI is InChI=1S/C8H10S.C2H6/c1-6-3-7(2)5-8(9)4-6;1-2/h3-5,9H,1-2H3;1-2H3. The lowest BCUT2D eigenvalue weighted by Crippen LogP contribution is -1.75. The molecule has 0 spiro atoms. The summed E-state index contributed by atoms with van der Waals surface area (Å²) in [6, 6.07) is 6.24. The molecule has 0 bridgehead atoms. The number of hydrogen-bond acceptors (Lipinski definition) is 1. The lowest BCUT2D eigenvalue weighted by molar-refractivity contribution is 1.30. The molecule has 62 valence electrons. The number of thiol groups is 1. The normalized spacial score (nSPS) is 8.45. The van der Waals surface area contributed by atoms with E-state index in [0.717, 1.165) is 4.90 Å². The van der Waals surface area contributed by atoms with Crippen molar-refractivity contribution in [1.29, 1.82) is 0 Å². The van der Waals surface area contributed by atoms with Crippen LogP contribution < -0.4 is 0 Å². The van der Waals surface area contributed by atoms with E-state index in [4.69, 9.17) is 0 Å². The quantitative estimate of drug-likeness (QED) is 0.562. The van der Waals surface area contributed by atoms with Crippen molar-refractivity contribution in [3.63, 3.8) is 0 Å². The van der Waals surface area contributed by atoms with Crippen LogP contribution in [0.3, 0.4) is 0 Å². The van der Waals surface area contributed by atoms with Crippen LogP contribution in [0, 0.1) is 13.8 Å². The Balaban J connectivity index is 0.000000461. The van der Waals surface area contributed by atoms with E-state index in [9.17, 15) is 0 Å². The zero-order valence-corrected chi connectivity index (χ0v) is 8.57. The van der Waals surface area contributed by atoms with Crippen LogP contribution in [-0.2, 0) is 0 Å². The second-order valence-electron chi connectivity index (χ2n) is 2.35. The summed E-state index contributed by atoms with van der Waals surface area (Å²) in [6.45, 7) is 8.15. The van der Waals surface area contributed by atoms with Crippen LogP contribution in [0.25, 0.3) is 0 Å². The second kappa shape index (κ2) is 5.25. The largest absolute Gasteiger partial charge is 0.143 e. The molecule has 0 radical (unpaired) electrons. The van der Waals surface area contributed by atoms with Crippen LogP contribution >= 0.6 is 12.6 Å². The van der Waals surface area contributed by atoms with Crippen molar-refractivity contribution >= 4 is 12.6 Å². The molecule has 0 amide bonds. The minimum absolute atomic E-state index is 1.05. The van der Waals surface area contributed by atoms with Crippen LogP contribution in [-0.4, -0.2) is 0 Å². The molecule has 0 heterocycles. The molecule has 11 heavy (non-hydrogen) atoms. The monoisotopic (exact) mass is 168 g/mol. The van der Waals surface area contributed by atoms with E-state index in [0.29, 0.717) is 0 Å². The maximum absolute atomic E-state index is 4.22. The fourth-order valence-corrected chi connectivity index (χ4v) is 1.36. The Hall–Kier alpha value is -0.430. The van der Waals surface area contributed by atoms with Gasteiger partial charge in [0.1, 0.15) is 0 Å². The molecule has 0 fully saturated rings. The number of rotatable bonds is 0. The minimum atomic E-state index is 1.05. The summed E-state index contributed by atoms with van der Waals surface area (Å²) in [6.07, 6.45) is 0. The van der Waals surface area contributed by atoms with E-state index in [1.54, 1.807) is 0 Å². The third kappa shape index (κ3) is 4.10. The maximum Gasteiger partial charge on any atom is 0.00452 e. The van der Waals surface area contributed by atoms with Gasteiger partial charge < -0.3 is 0 Å². The molecule has 0 unspecified atom stereocenters. The van der Waals surface area contributed by atoms with Gasteiger partial charge in [-0.1, -0.05) is 19.9 Å². The van der Waals surface area contributed by atoms with Gasteiger partial charge in [0.2, 0.25) is 0 Å². The van der Waals surface area contributed by atoms with E-state index in [2.05, 4.69) is 44.7 Å². The lowest BCUT2D eigenvalue weighted by atomic mass is 10.2. The molecule has 0 aromatic heterocycles. The van der Waals surface area contributed by atoms with Gasteiger partial charge in [0, 0.05) is 4.90 Å². The summed E-state index contributed by atoms with van der Waals surface area (Å²) in [4.78, 5) is 1.05. The van der Waals surface area contributed by atoms with Gasteiger partial charge in [-0.3, -0.25) is 0 Å². The summed E-state index contributed by atoms with van der Waals surface area (Å²) in [5.41, 5.74) is 2.56. The van der Waals surface area contributed by atoms with Crippen LogP contribution in [0.1, 0.15) is 25.0 Å². The van der Waals surface area contributed by atoms with Crippen LogP contribution in [0.5, 0.6) is 0 Å². The highest BCUT2D eigenvalue weighted by atomic mass is 32.1. The first-order chi connectivity index (χ1) is 5.18. The highest BCUT2D eigenvalue weighted by Gasteiger charge is 1.88. The number of aryl methyl sites for hydroxylation is 2. The smallest absolute Gasteiger partial charge is 0.00452 e. The van der Waals surface area contributed by atoms with Crippen molar-refractivity contribution in [3.8, 4) is 0 Å². The van der Waals surface area contributed by atoms with Gasteiger partial charge in [0.15, 0.2) is 0 Å². The molecule has 0 atom stereocenters. The fraction of sp³-hybridized carbons (Fsp3) is 0.400. The fourth-order valence-electron chi connectivity index (χ4n) is 0.951. The summed E-state index contributed by atoms with van der Waals surface area (Å²) in [5, 5.41) is 0. The molecule has 0 N–H and O–H groups in total. The van der Waals surface area contributed by atoms with Crippen molar-refractivity contribution < 1.29 is 0 Å². The van der Waals surface area contributed by atoms with E-state index in [1.165, 1.54) is 11.1 Å². The summed E-state index contributed by atoms with van der Waals surface area (Å²) >= 11 is 4.22. The lowest BCUT2D eigenvalue weighted by Gasteiger charge is -1.96. The van der Waals surface area contributed by atoms with Gasteiger partial charge >= 0.3 is 0 Å². The second-order valence-corrected chi connectivity index (χ2v) is 2.86. The van der Waals surface area contributed by atoms with Gasteiger partial charge in [-0.2, -0.15) is 0 Å². The Morgan fingerprint density at radius 3 is 1.55 bits per heavy atom. The first-order valence-electron chi connectivity index (χ1n) is 3.96. The van der Waals surface area contributed by atoms with E-state index < -0.39 is 0 Å². The molecule has 1 aromatic carbocycles. The third-order valence-electron chi connectivity index (χ3n) is 1.21. The average molecular weight is 168 g/mol. The Bertz CT molecular complexity index is 166. The van der Waals surface area contributed by atoms with E-state index in [1.807, 2.05) is 13.8 Å². The minimum Gasteiger partial charge on any atom is -0.143 e. The molecular formula is C10H16S. The average Bonchev–Trinajstić information content (AvgIpc) is 1.88. The Morgan fingerprint density at radius 2 is 1.27 bits per heavy atom. The maximum atomic E-state index is 4.22. The highest BCUT2D eigenvalue weighted by Crippen LogP contribution is 2.11. The Morgan fingerprint density at radius 1 is 0.909 bits per heavy atom. The molecule has 0 aliphatic rings. The van der Waals surface area contributed by atoms with Gasteiger partial charge in [-0.25, -0.2) is 0 Å². The van der Waals surface area contributed by atoms with Crippen LogP contribution in [0.2, 0.25) is 0 Å². The van der Waals surface area contributed by atoms with Gasteiger partial charge in [-0.05, 0) is 37.1 Å². The number of benzene rings is 1. The molecule has 1 heteroatoms. The zero-order chi connectivity index (χ0) is 8.85. The van der Waals surface area contributed by atoms with Gasteiger partial charge in [0.05, 0.1) is 0 Å². The number of hydrogen-bond donors (Lipinski definition) is 1. The van der Waals surface area contributed by atoms with Crippen molar-refractivity contribution in [3.05, 3.63) is 29.3 Å². The molecule has 0 saturated carbocycles. The SMILES string of the molecule is CC.Cc1cc(C)cc(S)c1. The third-order valence-corrected chi connectivity index (χ3v) is 1.46. The Kier molecular flexibility index (Phi) is 5.05. The first kappa shape index (κ1) is 10.6. The van der Waals surface area contributed by atoms with Gasteiger partial charge in [-0.15, -0.1) is 12.6 Å². The molecule has 0 aliphatic carbocycles. The van der Waals surface area contributed by atoms with E-state index in [-0.39, 0.29) is 0 Å². The highest BCUT2D eigenvalue weighted by molar-refractivity contribution is 7.80. The van der Waals surface area contributed by atoms with Crippen molar-refractivity contribution in [2.75, 3.05) is 0 Å². The summed E-state index contributed by atoms with van der Waals surface area (Å²) in [7, 11) is 0. The Labute approximate surface area is 75.1 Å². The first-order valence-corrected chi connectivity index (χ1v) is 4.40. The molecular weight excluding hydrogens is 152 g/mol. The molecule has 0 nitrogen and oxygen atoms in total. The zero-order valence-electron chi connectivity index (χ0n) is 7.68. The van der Waals surface area contributed by atoms with Crippen molar-refractivity contribution in [2.24, 2.45) is 0 Å². The molecule has 1 aromatic rings. The summed E-state index contributed by atoms with van der Waals surface area (Å²) < 4.78 is 0. The van der Waals surface area contributed by atoms with Crippen LogP contribution in [0.15, 0.2) is 23.1 Å². The summed E-state index contributed by atoms with van der Waals surface area (Å²) in [5.74, 6) is 0. The molecule has 1 rings (SSSR count). The van der Waals surface area contributed by atoms with E-state index >= 15 is 0 Å². The van der Waals surface area contributed by atoms with Gasteiger partial charge in [0.25, 0.3) is 0 Å². The van der Waals surface area contributed by atoms with Crippen LogP contribution in [0.4, 0.5) is 0 Å². The molecule has 0 saturated heterocycles. The predicted octanol–water partition coefficient (Wildman–Crippen LogP) is 3.62. The molecule has 0 aliphatic heterocycles. The topological polar surface area (TPSA) is 0 Å².